The standard InChI is InChI=1S/C15H12FN5O2/c16-10-5-4-9(14(17)20-23)7-11(10)19-15(22)12-8-18-13-3-1-2-6-21(12)13/h1-8,23H,(H2,17,20)(H,19,22). The molecule has 0 spiro atoms. The molecule has 116 valence electrons. The molecule has 0 atom stereocenters. The zero-order valence-electron chi connectivity index (χ0n) is 11.8. The van der Waals surface area contributed by atoms with Crippen LogP contribution in [0.3, 0.4) is 0 Å². The van der Waals surface area contributed by atoms with Crippen LogP contribution in [0.2, 0.25) is 0 Å². The molecule has 8 heteroatoms. The van der Waals surface area contributed by atoms with Crippen LogP contribution in [-0.4, -0.2) is 26.3 Å². The molecular weight excluding hydrogens is 301 g/mol. The van der Waals surface area contributed by atoms with Crippen molar-refractivity contribution < 1.29 is 14.4 Å². The number of rotatable bonds is 3. The summed E-state index contributed by atoms with van der Waals surface area (Å²) in [7, 11) is 0. The topological polar surface area (TPSA) is 105 Å². The molecule has 23 heavy (non-hydrogen) atoms. The largest absolute Gasteiger partial charge is 0.409 e. The molecule has 0 aliphatic heterocycles. The van der Waals surface area contributed by atoms with E-state index in [1.54, 1.807) is 28.8 Å². The molecule has 1 aromatic carbocycles. The van der Waals surface area contributed by atoms with Gasteiger partial charge >= 0.3 is 0 Å². The molecule has 4 N–H and O–H groups in total. The van der Waals surface area contributed by atoms with Crippen molar-refractivity contribution in [3.63, 3.8) is 0 Å². The van der Waals surface area contributed by atoms with E-state index in [1.807, 2.05) is 0 Å². The van der Waals surface area contributed by atoms with Gasteiger partial charge in [-0.2, -0.15) is 0 Å². The van der Waals surface area contributed by atoms with E-state index >= 15 is 0 Å². The van der Waals surface area contributed by atoms with Crippen molar-refractivity contribution in [3.05, 3.63) is 65.9 Å². The summed E-state index contributed by atoms with van der Waals surface area (Å²) in [6.07, 6.45) is 3.08. The molecule has 0 radical (unpaired) electrons. The van der Waals surface area contributed by atoms with Gasteiger partial charge in [0.15, 0.2) is 5.84 Å². The van der Waals surface area contributed by atoms with Gasteiger partial charge in [0.05, 0.1) is 11.9 Å². The molecular formula is C15H12FN5O2. The highest BCUT2D eigenvalue weighted by Gasteiger charge is 2.15. The number of oxime groups is 1. The minimum atomic E-state index is -0.637. The maximum Gasteiger partial charge on any atom is 0.274 e. The van der Waals surface area contributed by atoms with Crippen LogP contribution < -0.4 is 11.1 Å². The number of carbonyl (C=O) groups excluding carboxylic acids is 1. The number of nitrogens with zero attached hydrogens (tertiary/aromatic N) is 3. The van der Waals surface area contributed by atoms with Gasteiger partial charge in [-0.1, -0.05) is 11.2 Å². The van der Waals surface area contributed by atoms with Crippen LogP contribution >= 0.6 is 0 Å². The number of amides is 1. The molecule has 0 unspecified atom stereocenters. The molecule has 0 fully saturated rings. The lowest BCUT2D eigenvalue weighted by molar-refractivity contribution is 0.102. The Bertz CT molecular complexity index is 919. The second-order valence-electron chi connectivity index (χ2n) is 4.71. The third-order valence-corrected chi connectivity index (χ3v) is 3.27. The first-order chi connectivity index (χ1) is 11.1. The third-order valence-electron chi connectivity index (χ3n) is 3.27. The number of benzene rings is 1. The average Bonchev–Trinajstić information content (AvgIpc) is 3.00. The van der Waals surface area contributed by atoms with Crippen molar-refractivity contribution in [2.24, 2.45) is 10.9 Å². The Kier molecular flexibility index (Phi) is 3.63. The number of anilines is 1. The van der Waals surface area contributed by atoms with Crippen molar-refractivity contribution in [2.75, 3.05) is 5.32 Å². The Labute approximate surface area is 129 Å². The van der Waals surface area contributed by atoms with E-state index in [0.29, 0.717) is 5.65 Å². The predicted molar refractivity (Wildman–Crippen MR) is 82.1 cm³/mol. The predicted octanol–water partition coefficient (Wildman–Crippen LogP) is 1.82. The summed E-state index contributed by atoms with van der Waals surface area (Å²) in [6.45, 7) is 0. The summed E-state index contributed by atoms with van der Waals surface area (Å²) in [5.41, 5.74) is 6.52. The number of aromatic nitrogens is 2. The highest BCUT2D eigenvalue weighted by Crippen LogP contribution is 2.18. The van der Waals surface area contributed by atoms with Gasteiger partial charge in [-0.3, -0.25) is 9.20 Å². The van der Waals surface area contributed by atoms with E-state index in [-0.39, 0.29) is 22.8 Å². The highest BCUT2D eigenvalue weighted by atomic mass is 19.1. The molecule has 0 saturated carbocycles. The van der Waals surface area contributed by atoms with Crippen LogP contribution in [0.4, 0.5) is 10.1 Å². The number of pyridine rings is 1. The lowest BCUT2D eigenvalue weighted by Crippen LogP contribution is -2.17. The molecule has 0 aliphatic carbocycles. The van der Waals surface area contributed by atoms with Crippen molar-refractivity contribution in [2.45, 2.75) is 0 Å². The van der Waals surface area contributed by atoms with Gasteiger partial charge in [-0.25, -0.2) is 9.37 Å². The number of nitrogens with two attached hydrogens (primary N) is 1. The van der Waals surface area contributed by atoms with E-state index < -0.39 is 11.7 Å². The van der Waals surface area contributed by atoms with Crippen LogP contribution in [0.1, 0.15) is 16.1 Å². The van der Waals surface area contributed by atoms with Gasteiger partial charge in [0, 0.05) is 11.8 Å². The van der Waals surface area contributed by atoms with E-state index in [9.17, 15) is 9.18 Å². The lowest BCUT2D eigenvalue weighted by Gasteiger charge is -2.08. The van der Waals surface area contributed by atoms with Crippen LogP contribution in [0, 0.1) is 5.82 Å². The number of halogens is 1. The highest BCUT2D eigenvalue weighted by molar-refractivity contribution is 6.04. The summed E-state index contributed by atoms with van der Waals surface area (Å²) in [4.78, 5) is 16.4. The van der Waals surface area contributed by atoms with Gasteiger partial charge in [-0.15, -0.1) is 0 Å². The fraction of sp³-hybridized carbons (Fsp3) is 0. The van der Waals surface area contributed by atoms with Gasteiger partial charge in [-0.05, 0) is 30.3 Å². The fourth-order valence-corrected chi connectivity index (χ4v) is 2.12. The zero-order valence-corrected chi connectivity index (χ0v) is 11.8. The second kappa shape index (κ2) is 5.76. The number of hydrogen-bond donors (Lipinski definition) is 3. The summed E-state index contributed by atoms with van der Waals surface area (Å²) in [5.74, 6) is -1.35. The first kappa shape index (κ1) is 14.5. The Morgan fingerprint density at radius 3 is 2.96 bits per heavy atom. The molecule has 3 rings (SSSR count). The van der Waals surface area contributed by atoms with Gasteiger partial charge in [0.25, 0.3) is 5.91 Å². The Hall–Kier alpha value is -3.42. The van der Waals surface area contributed by atoms with Crippen LogP contribution in [0.15, 0.2) is 53.9 Å². The maximum atomic E-state index is 13.9. The Morgan fingerprint density at radius 1 is 1.35 bits per heavy atom. The van der Waals surface area contributed by atoms with Crippen LogP contribution in [0.5, 0.6) is 0 Å². The van der Waals surface area contributed by atoms with Crippen molar-refractivity contribution >= 4 is 23.1 Å². The molecule has 3 aromatic rings. The van der Waals surface area contributed by atoms with Crippen molar-refractivity contribution in [1.82, 2.24) is 9.38 Å². The SMILES string of the molecule is N/C(=N/O)c1ccc(F)c(NC(=O)c2cnc3ccccn23)c1. The normalized spacial score (nSPS) is 11.6. The van der Waals surface area contributed by atoms with E-state index in [0.717, 1.165) is 6.07 Å². The van der Waals surface area contributed by atoms with E-state index in [1.165, 1.54) is 18.3 Å². The molecule has 2 heterocycles. The van der Waals surface area contributed by atoms with E-state index in [2.05, 4.69) is 15.5 Å². The number of carbonyl (C=O) groups is 1. The van der Waals surface area contributed by atoms with Crippen LogP contribution in [-0.2, 0) is 0 Å². The molecule has 0 bridgehead atoms. The Balaban J connectivity index is 1.94. The van der Waals surface area contributed by atoms with Crippen molar-refractivity contribution in [1.29, 1.82) is 0 Å². The van der Waals surface area contributed by atoms with E-state index in [4.69, 9.17) is 10.9 Å². The van der Waals surface area contributed by atoms with Crippen LogP contribution in [0.25, 0.3) is 5.65 Å². The third kappa shape index (κ3) is 2.69. The molecule has 7 nitrogen and oxygen atoms in total. The Morgan fingerprint density at radius 2 is 2.17 bits per heavy atom. The van der Waals surface area contributed by atoms with Gasteiger partial charge in [0.1, 0.15) is 17.2 Å². The zero-order chi connectivity index (χ0) is 16.4. The molecule has 0 aliphatic rings. The summed E-state index contributed by atoms with van der Waals surface area (Å²) >= 11 is 0. The van der Waals surface area contributed by atoms with Gasteiger partial charge in [0.2, 0.25) is 0 Å². The number of fused-ring (bicyclic) bond motifs is 1. The number of imidazole rings is 1. The second-order valence-corrected chi connectivity index (χ2v) is 4.71. The molecule has 1 amide bonds. The minimum absolute atomic E-state index is 0.0787. The first-order valence-electron chi connectivity index (χ1n) is 6.61. The summed E-state index contributed by atoms with van der Waals surface area (Å²) < 4.78 is 15.5. The average molecular weight is 313 g/mol. The summed E-state index contributed by atoms with van der Waals surface area (Å²) in [5, 5.41) is 14.0. The molecule has 2 aromatic heterocycles. The number of nitrogens with one attached hydrogen (secondary N) is 1. The molecule has 0 saturated heterocycles. The number of amidine groups is 1. The minimum Gasteiger partial charge on any atom is -0.409 e. The quantitative estimate of drug-likeness (QED) is 0.297. The summed E-state index contributed by atoms with van der Waals surface area (Å²) in [6, 6.07) is 9.04. The fourth-order valence-electron chi connectivity index (χ4n) is 2.12. The maximum absolute atomic E-state index is 13.9. The first-order valence-corrected chi connectivity index (χ1v) is 6.61. The monoisotopic (exact) mass is 313 g/mol. The number of hydrogen-bond acceptors (Lipinski definition) is 4. The van der Waals surface area contributed by atoms with Gasteiger partial charge < -0.3 is 16.3 Å². The van der Waals surface area contributed by atoms with Crippen molar-refractivity contribution in [3.8, 4) is 0 Å². The lowest BCUT2D eigenvalue weighted by atomic mass is 10.1. The smallest absolute Gasteiger partial charge is 0.274 e.